The van der Waals surface area contributed by atoms with Crippen LogP contribution in [0, 0.1) is 0 Å². The molecular formula is C29H26BrNO6S. The Morgan fingerprint density at radius 1 is 0.921 bits per heavy atom. The molecule has 0 fully saturated rings. The molecule has 0 saturated carbocycles. The number of carboxylic acids is 1. The fraction of sp³-hybridized carbons (Fsp3) is 0.207. The summed E-state index contributed by atoms with van der Waals surface area (Å²) in [5, 5.41) is 9.88. The maximum absolute atomic E-state index is 13.6. The molecule has 0 saturated heterocycles. The van der Waals surface area contributed by atoms with Crippen molar-refractivity contribution in [1.82, 2.24) is 4.57 Å². The van der Waals surface area contributed by atoms with Crippen LogP contribution in [0.2, 0.25) is 0 Å². The molecule has 0 aliphatic heterocycles. The van der Waals surface area contributed by atoms with E-state index in [1.807, 2.05) is 36.4 Å². The van der Waals surface area contributed by atoms with Crippen molar-refractivity contribution in [3.63, 3.8) is 0 Å². The molecule has 0 spiro atoms. The number of ketones is 1. The maximum atomic E-state index is 13.6. The average molecular weight is 596 g/mol. The first-order valence-electron chi connectivity index (χ1n) is 12.0. The Labute approximate surface area is 228 Å². The van der Waals surface area contributed by atoms with Gasteiger partial charge in [-0.05, 0) is 59.7 Å². The molecule has 0 aliphatic rings. The molecule has 1 aromatic heterocycles. The molecule has 0 bridgehead atoms. The van der Waals surface area contributed by atoms with E-state index >= 15 is 0 Å². The number of carbonyl (C=O) groups is 2. The predicted molar refractivity (Wildman–Crippen MR) is 150 cm³/mol. The lowest BCUT2D eigenvalue weighted by Crippen LogP contribution is -2.27. The minimum atomic E-state index is -3.57. The van der Waals surface area contributed by atoms with Crippen LogP contribution in [0.25, 0.3) is 21.9 Å². The Hall–Kier alpha value is -3.56. The highest BCUT2D eigenvalue weighted by molar-refractivity contribution is 9.10. The number of benzene rings is 3. The molecule has 0 aliphatic carbocycles. The molecule has 1 N–H and O–H groups in total. The van der Waals surface area contributed by atoms with Gasteiger partial charge in [-0.1, -0.05) is 58.4 Å². The van der Waals surface area contributed by atoms with Crippen LogP contribution < -0.4 is 5.56 Å². The number of carbonyl (C=O) groups excluding carboxylic acids is 1. The predicted octanol–water partition coefficient (Wildman–Crippen LogP) is 5.71. The third kappa shape index (κ3) is 5.95. The minimum Gasteiger partial charge on any atom is -0.481 e. The number of pyridine rings is 1. The van der Waals surface area contributed by atoms with Crippen molar-refractivity contribution in [3.05, 3.63) is 98.9 Å². The first-order chi connectivity index (χ1) is 18.1. The summed E-state index contributed by atoms with van der Waals surface area (Å²) in [5.41, 5.74) is 2.10. The van der Waals surface area contributed by atoms with Gasteiger partial charge in [-0.15, -0.1) is 0 Å². The molecular weight excluding hydrogens is 570 g/mol. The number of aromatic nitrogens is 1. The highest BCUT2D eigenvalue weighted by Gasteiger charge is 2.22. The Balaban J connectivity index is 1.76. The van der Waals surface area contributed by atoms with Crippen LogP contribution in [-0.4, -0.2) is 35.6 Å². The standard InChI is InChI=1S/C29H26BrNO6S/c1-19(32)28-27(21-7-3-2-4-8-21)25-17-22(30)12-15-24(25)29(35)31(28)18-20-10-13-23(14-11-20)38(36,37)16-6-5-9-26(33)34/h2-4,7-8,10-15,17H,5-6,9,16,18H2,1H3,(H,33,34). The molecule has 4 aromatic rings. The van der Waals surface area contributed by atoms with Crippen molar-refractivity contribution in [2.75, 3.05) is 5.75 Å². The zero-order valence-electron chi connectivity index (χ0n) is 20.7. The summed E-state index contributed by atoms with van der Waals surface area (Å²) in [6.07, 6.45) is 0.463. The van der Waals surface area contributed by atoms with Gasteiger partial charge in [-0.2, -0.15) is 0 Å². The zero-order valence-corrected chi connectivity index (χ0v) is 23.1. The lowest BCUT2D eigenvalue weighted by molar-refractivity contribution is -0.137. The van der Waals surface area contributed by atoms with E-state index in [-0.39, 0.29) is 53.5 Å². The molecule has 9 heteroatoms. The van der Waals surface area contributed by atoms with E-state index in [2.05, 4.69) is 15.9 Å². The van der Waals surface area contributed by atoms with Gasteiger partial charge in [0.25, 0.3) is 5.56 Å². The van der Waals surface area contributed by atoms with Crippen LogP contribution >= 0.6 is 15.9 Å². The third-order valence-corrected chi connectivity index (χ3v) is 8.62. The molecule has 1 heterocycles. The summed E-state index contributed by atoms with van der Waals surface area (Å²) in [7, 11) is -3.57. The SMILES string of the molecule is CC(=O)c1c(-c2ccccc2)c2cc(Br)ccc2c(=O)n1Cc1ccc(S(=O)(=O)CCCCC(=O)O)cc1. The first kappa shape index (κ1) is 27.5. The number of aliphatic carboxylic acids is 1. The van der Waals surface area contributed by atoms with E-state index in [4.69, 9.17) is 5.11 Å². The Kier molecular flexibility index (Phi) is 8.28. The summed E-state index contributed by atoms with van der Waals surface area (Å²) >= 11 is 3.48. The average Bonchev–Trinajstić information content (AvgIpc) is 2.88. The second-order valence-corrected chi connectivity index (χ2v) is 12.1. The van der Waals surface area contributed by atoms with E-state index < -0.39 is 15.8 Å². The molecule has 0 atom stereocenters. The van der Waals surface area contributed by atoms with E-state index in [0.29, 0.717) is 21.9 Å². The number of nitrogens with zero attached hydrogens (tertiary/aromatic N) is 1. The lowest BCUT2D eigenvalue weighted by Gasteiger charge is -2.19. The largest absolute Gasteiger partial charge is 0.481 e. The van der Waals surface area contributed by atoms with Crippen LogP contribution in [-0.2, 0) is 21.2 Å². The molecule has 0 amide bonds. The van der Waals surface area contributed by atoms with Crippen molar-refractivity contribution in [2.45, 2.75) is 37.6 Å². The second kappa shape index (κ2) is 11.4. The van der Waals surface area contributed by atoms with Crippen LogP contribution in [0.3, 0.4) is 0 Å². The Morgan fingerprint density at radius 2 is 1.61 bits per heavy atom. The normalized spacial score (nSPS) is 11.5. The van der Waals surface area contributed by atoms with E-state index in [0.717, 1.165) is 10.0 Å². The number of hydrogen-bond donors (Lipinski definition) is 1. The van der Waals surface area contributed by atoms with Gasteiger partial charge in [-0.3, -0.25) is 19.0 Å². The van der Waals surface area contributed by atoms with Crippen molar-refractivity contribution >= 4 is 48.3 Å². The number of fused-ring (bicyclic) bond motifs is 1. The van der Waals surface area contributed by atoms with E-state index in [1.165, 1.54) is 23.6 Å². The highest BCUT2D eigenvalue weighted by atomic mass is 79.9. The Bertz CT molecular complexity index is 1680. The summed E-state index contributed by atoms with van der Waals surface area (Å²) in [6, 6.07) is 21.0. The van der Waals surface area contributed by atoms with Crippen molar-refractivity contribution < 1.29 is 23.1 Å². The third-order valence-electron chi connectivity index (χ3n) is 6.31. The number of rotatable bonds is 10. The summed E-state index contributed by atoms with van der Waals surface area (Å²) in [6.45, 7) is 1.51. The quantitative estimate of drug-likeness (QED) is 0.186. The van der Waals surface area contributed by atoms with E-state index in [9.17, 15) is 22.8 Å². The molecule has 0 unspecified atom stereocenters. The van der Waals surface area contributed by atoms with Crippen LogP contribution in [0.1, 0.15) is 42.2 Å². The molecule has 38 heavy (non-hydrogen) atoms. The van der Waals surface area contributed by atoms with E-state index in [1.54, 1.807) is 24.3 Å². The van der Waals surface area contributed by atoms with Crippen molar-refractivity contribution in [3.8, 4) is 11.1 Å². The number of halogens is 1. The zero-order chi connectivity index (χ0) is 27.4. The topological polar surface area (TPSA) is 111 Å². The van der Waals surface area contributed by atoms with Gasteiger partial charge in [0, 0.05) is 28.8 Å². The van der Waals surface area contributed by atoms with Crippen LogP contribution in [0.4, 0.5) is 0 Å². The fourth-order valence-corrected chi connectivity index (χ4v) is 6.24. The number of unbranched alkanes of at least 4 members (excludes halogenated alkanes) is 1. The van der Waals surface area contributed by atoms with Gasteiger partial charge >= 0.3 is 5.97 Å². The van der Waals surface area contributed by atoms with Gasteiger partial charge in [0.05, 0.1) is 22.9 Å². The highest BCUT2D eigenvalue weighted by Crippen LogP contribution is 2.33. The lowest BCUT2D eigenvalue weighted by atomic mass is 9.95. The van der Waals surface area contributed by atoms with Gasteiger partial charge in [0.2, 0.25) is 0 Å². The van der Waals surface area contributed by atoms with Crippen LogP contribution in [0.5, 0.6) is 0 Å². The van der Waals surface area contributed by atoms with Gasteiger partial charge in [-0.25, -0.2) is 8.42 Å². The fourth-order valence-electron chi connectivity index (χ4n) is 4.50. The molecule has 196 valence electrons. The van der Waals surface area contributed by atoms with Gasteiger partial charge < -0.3 is 5.11 Å². The number of carboxylic acid groups (broad SMARTS) is 1. The summed E-state index contributed by atoms with van der Waals surface area (Å²) in [5.74, 6) is -1.36. The summed E-state index contributed by atoms with van der Waals surface area (Å²) in [4.78, 5) is 37.4. The molecule has 4 rings (SSSR count). The Morgan fingerprint density at radius 3 is 2.24 bits per heavy atom. The number of sulfone groups is 1. The number of hydrogen-bond acceptors (Lipinski definition) is 5. The number of Topliss-reactive ketones (excluding diaryl/α,β-unsaturated/α-hetero) is 1. The second-order valence-electron chi connectivity index (χ2n) is 9.04. The van der Waals surface area contributed by atoms with Gasteiger partial charge in [0.15, 0.2) is 15.6 Å². The van der Waals surface area contributed by atoms with Crippen molar-refractivity contribution in [2.24, 2.45) is 0 Å². The first-order valence-corrected chi connectivity index (χ1v) is 14.5. The van der Waals surface area contributed by atoms with Gasteiger partial charge in [0.1, 0.15) is 0 Å². The monoisotopic (exact) mass is 595 g/mol. The smallest absolute Gasteiger partial charge is 0.303 e. The summed E-state index contributed by atoms with van der Waals surface area (Å²) < 4.78 is 27.6. The minimum absolute atomic E-state index is 0.0740. The molecule has 0 radical (unpaired) electrons. The van der Waals surface area contributed by atoms with Crippen molar-refractivity contribution in [1.29, 1.82) is 0 Å². The molecule has 7 nitrogen and oxygen atoms in total. The molecule has 3 aromatic carbocycles. The maximum Gasteiger partial charge on any atom is 0.303 e. The van der Waals surface area contributed by atoms with Crippen LogP contribution in [0.15, 0.2) is 87.0 Å².